The van der Waals surface area contributed by atoms with E-state index in [-0.39, 0.29) is 11.7 Å². The van der Waals surface area contributed by atoms with Crippen LogP contribution in [-0.2, 0) is 0 Å². The summed E-state index contributed by atoms with van der Waals surface area (Å²) in [7, 11) is 0. The first kappa shape index (κ1) is 13.6. The van der Waals surface area contributed by atoms with E-state index in [1.807, 2.05) is 6.92 Å². The molecule has 0 aromatic heterocycles. The first-order valence-electron chi connectivity index (χ1n) is 5.95. The minimum atomic E-state index is -0.734. The Bertz CT molecular complexity index is 469. The van der Waals surface area contributed by atoms with Crippen LogP contribution in [0.25, 0.3) is 0 Å². The molecular weight excluding hydrogens is 345 g/mol. The maximum atomic E-state index is 12.1. The summed E-state index contributed by atoms with van der Waals surface area (Å²) in [6.45, 7) is 2.71. The monoisotopic (exact) mass is 361 g/mol. The van der Waals surface area contributed by atoms with Crippen LogP contribution < -0.4 is 0 Å². The molecule has 1 aromatic carbocycles. The average Bonchev–Trinajstić information content (AvgIpc) is 2.28. The van der Waals surface area contributed by atoms with Gasteiger partial charge in [0, 0.05) is 3.57 Å². The molecule has 2 rings (SSSR count). The van der Waals surface area contributed by atoms with Crippen molar-refractivity contribution in [3.8, 4) is 5.75 Å². The van der Waals surface area contributed by atoms with Gasteiger partial charge in [0.2, 0.25) is 0 Å². The molecular formula is C13H16INO3. The smallest absolute Gasteiger partial charge is 0.257 e. The molecule has 0 unspecified atom stereocenters. The van der Waals surface area contributed by atoms with Gasteiger partial charge in [-0.2, -0.15) is 0 Å². The summed E-state index contributed by atoms with van der Waals surface area (Å²) in [6, 6.07) is 4.93. The third-order valence-electron chi connectivity index (χ3n) is 3.16. The third kappa shape index (κ3) is 2.61. The molecule has 0 spiro atoms. The van der Waals surface area contributed by atoms with E-state index in [1.54, 1.807) is 17.0 Å². The molecule has 1 amide bonds. The molecule has 1 aliphatic rings. The van der Waals surface area contributed by atoms with Gasteiger partial charge in [-0.3, -0.25) is 4.79 Å². The Morgan fingerprint density at radius 1 is 1.50 bits per heavy atom. The number of likely N-dealkylation sites (tertiary alicyclic amines) is 1. The summed E-state index contributed by atoms with van der Waals surface area (Å²) in [5, 5.41) is 19.7. The van der Waals surface area contributed by atoms with Crippen molar-refractivity contribution in [1.29, 1.82) is 0 Å². The van der Waals surface area contributed by atoms with Gasteiger partial charge >= 0.3 is 0 Å². The van der Waals surface area contributed by atoms with Crippen LogP contribution >= 0.6 is 22.6 Å². The molecule has 1 aliphatic heterocycles. The van der Waals surface area contributed by atoms with Crippen LogP contribution in [0.3, 0.4) is 0 Å². The number of aromatic hydroxyl groups is 1. The van der Waals surface area contributed by atoms with Crippen LogP contribution in [0.15, 0.2) is 18.2 Å². The van der Waals surface area contributed by atoms with E-state index in [2.05, 4.69) is 22.6 Å². The molecule has 2 N–H and O–H groups in total. The standard InChI is InChI=1S/C13H16INO3/c1-2-5-13(18)7-15(8-13)12(17)10-6-9(14)3-4-11(10)16/h3-4,6,16,18H,2,5,7-8H2,1H3. The molecule has 0 atom stereocenters. The number of aliphatic hydroxyl groups is 1. The lowest BCUT2D eigenvalue weighted by atomic mass is 9.88. The second-order valence-electron chi connectivity index (χ2n) is 4.80. The maximum Gasteiger partial charge on any atom is 0.257 e. The molecule has 98 valence electrons. The number of carbonyl (C=O) groups excluding carboxylic acids is 1. The molecule has 5 heteroatoms. The highest BCUT2D eigenvalue weighted by Gasteiger charge is 2.43. The van der Waals surface area contributed by atoms with Crippen LogP contribution in [0.2, 0.25) is 0 Å². The van der Waals surface area contributed by atoms with Gasteiger partial charge in [0.25, 0.3) is 5.91 Å². The number of hydrogen-bond donors (Lipinski definition) is 2. The quantitative estimate of drug-likeness (QED) is 0.810. The average molecular weight is 361 g/mol. The predicted octanol–water partition coefficient (Wildman–Crippen LogP) is 1.98. The third-order valence-corrected chi connectivity index (χ3v) is 3.83. The fraction of sp³-hybridized carbons (Fsp3) is 0.462. The molecule has 1 aromatic rings. The summed E-state index contributed by atoms with van der Waals surface area (Å²) in [5.41, 5.74) is -0.428. The van der Waals surface area contributed by atoms with Crippen molar-refractivity contribution >= 4 is 28.5 Å². The SMILES string of the molecule is CCCC1(O)CN(C(=O)c2cc(I)ccc2O)C1. The van der Waals surface area contributed by atoms with Gasteiger partial charge in [-0.25, -0.2) is 0 Å². The van der Waals surface area contributed by atoms with E-state index in [4.69, 9.17) is 0 Å². The van der Waals surface area contributed by atoms with Crippen molar-refractivity contribution in [2.24, 2.45) is 0 Å². The lowest BCUT2D eigenvalue weighted by Gasteiger charge is -2.46. The van der Waals surface area contributed by atoms with Crippen LogP contribution in [0.1, 0.15) is 30.1 Å². The topological polar surface area (TPSA) is 60.8 Å². The number of amides is 1. The predicted molar refractivity (Wildman–Crippen MR) is 76.6 cm³/mol. The van der Waals surface area contributed by atoms with E-state index in [0.29, 0.717) is 25.1 Å². The van der Waals surface area contributed by atoms with Crippen molar-refractivity contribution in [1.82, 2.24) is 4.90 Å². The van der Waals surface area contributed by atoms with Gasteiger partial charge in [-0.15, -0.1) is 0 Å². The minimum absolute atomic E-state index is 0.00801. The second-order valence-corrected chi connectivity index (χ2v) is 6.04. The van der Waals surface area contributed by atoms with Crippen LogP contribution in [0, 0.1) is 3.57 Å². The Kier molecular flexibility index (Phi) is 3.82. The van der Waals surface area contributed by atoms with Crippen LogP contribution in [0.5, 0.6) is 5.75 Å². The lowest BCUT2D eigenvalue weighted by Crippen LogP contribution is -2.63. The highest BCUT2D eigenvalue weighted by atomic mass is 127. The number of hydrogen-bond acceptors (Lipinski definition) is 3. The number of benzene rings is 1. The first-order chi connectivity index (χ1) is 8.45. The van der Waals surface area contributed by atoms with Gasteiger partial charge in [0.15, 0.2) is 0 Å². The maximum absolute atomic E-state index is 12.1. The van der Waals surface area contributed by atoms with Crippen molar-refractivity contribution in [3.63, 3.8) is 0 Å². The van der Waals surface area contributed by atoms with Gasteiger partial charge in [0.1, 0.15) is 5.75 Å². The van der Waals surface area contributed by atoms with E-state index >= 15 is 0 Å². The molecule has 0 radical (unpaired) electrons. The summed E-state index contributed by atoms with van der Waals surface area (Å²) >= 11 is 2.10. The van der Waals surface area contributed by atoms with Gasteiger partial charge in [-0.05, 0) is 47.2 Å². The molecule has 0 bridgehead atoms. The summed E-state index contributed by atoms with van der Waals surface area (Å²) in [4.78, 5) is 13.7. The zero-order valence-electron chi connectivity index (χ0n) is 10.2. The first-order valence-corrected chi connectivity index (χ1v) is 7.03. The van der Waals surface area contributed by atoms with E-state index < -0.39 is 5.60 Å². The van der Waals surface area contributed by atoms with E-state index in [9.17, 15) is 15.0 Å². The normalized spacial score (nSPS) is 17.4. The molecule has 0 aliphatic carbocycles. The van der Waals surface area contributed by atoms with Crippen molar-refractivity contribution in [2.45, 2.75) is 25.4 Å². The summed E-state index contributed by atoms with van der Waals surface area (Å²) in [5.74, 6) is -0.224. The molecule has 0 saturated carbocycles. The summed E-state index contributed by atoms with van der Waals surface area (Å²) < 4.78 is 0.901. The largest absolute Gasteiger partial charge is 0.507 e. The molecule has 18 heavy (non-hydrogen) atoms. The number of phenols is 1. The number of β-amino-alcohol motifs (C(OH)–C–C–N with tert-alkyl or cyclic N) is 1. The minimum Gasteiger partial charge on any atom is -0.507 e. The Balaban J connectivity index is 2.08. The Morgan fingerprint density at radius 2 is 2.17 bits per heavy atom. The lowest BCUT2D eigenvalue weighted by molar-refractivity contribution is -0.0860. The number of halogens is 1. The van der Waals surface area contributed by atoms with E-state index in [1.165, 1.54) is 6.07 Å². The molecule has 4 nitrogen and oxygen atoms in total. The summed E-state index contributed by atoms with van der Waals surface area (Å²) in [6.07, 6.45) is 1.60. The molecule has 1 fully saturated rings. The number of carbonyl (C=O) groups is 1. The van der Waals surface area contributed by atoms with Crippen molar-refractivity contribution < 1.29 is 15.0 Å². The molecule has 1 heterocycles. The van der Waals surface area contributed by atoms with Crippen LogP contribution in [0.4, 0.5) is 0 Å². The number of rotatable bonds is 3. The number of nitrogens with zero attached hydrogens (tertiary/aromatic N) is 1. The van der Waals surface area contributed by atoms with Gasteiger partial charge in [0.05, 0.1) is 24.3 Å². The fourth-order valence-electron chi connectivity index (χ4n) is 2.28. The van der Waals surface area contributed by atoms with Gasteiger partial charge < -0.3 is 15.1 Å². The van der Waals surface area contributed by atoms with Gasteiger partial charge in [-0.1, -0.05) is 13.3 Å². The zero-order chi connectivity index (χ0) is 13.3. The Morgan fingerprint density at radius 3 is 2.78 bits per heavy atom. The van der Waals surface area contributed by atoms with E-state index in [0.717, 1.165) is 9.99 Å². The Hall–Kier alpha value is -0.820. The fourth-order valence-corrected chi connectivity index (χ4v) is 2.77. The highest BCUT2D eigenvalue weighted by molar-refractivity contribution is 14.1. The second kappa shape index (κ2) is 5.05. The Labute approximate surface area is 120 Å². The highest BCUT2D eigenvalue weighted by Crippen LogP contribution is 2.29. The zero-order valence-corrected chi connectivity index (χ0v) is 12.3. The molecule has 1 saturated heterocycles. The van der Waals surface area contributed by atoms with Crippen molar-refractivity contribution in [2.75, 3.05) is 13.1 Å². The van der Waals surface area contributed by atoms with Crippen LogP contribution in [-0.4, -0.2) is 39.7 Å². The van der Waals surface area contributed by atoms with Crippen molar-refractivity contribution in [3.05, 3.63) is 27.3 Å². The number of phenolic OH excluding ortho intramolecular Hbond substituents is 1.